The van der Waals surface area contributed by atoms with Gasteiger partial charge < -0.3 is 19.7 Å². The molecule has 0 spiro atoms. The molecule has 1 amide bonds. The van der Waals surface area contributed by atoms with Gasteiger partial charge in [0.25, 0.3) is 5.91 Å². The van der Waals surface area contributed by atoms with E-state index in [0.29, 0.717) is 41.7 Å². The summed E-state index contributed by atoms with van der Waals surface area (Å²) in [6.45, 7) is 0.528. The Hall–Kier alpha value is -4.15. The van der Waals surface area contributed by atoms with Crippen LogP contribution in [0.15, 0.2) is 72.5 Å². The monoisotopic (exact) mass is 483 g/mol. The summed E-state index contributed by atoms with van der Waals surface area (Å²) in [6.07, 6.45) is 5.85. The van der Waals surface area contributed by atoms with Crippen molar-refractivity contribution in [2.75, 3.05) is 18.9 Å². The second-order valence-electron chi connectivity index (χ2n) is 8.44. The minimum absolute atomic E-state index is 0.277. The van der Waals surface area contributed by atoms with Gasteiger partial charge in [0.15, 0.2) is 11.4 Å². The van der Waals surface area contributed by atoms with Gasteiger partial charge in [-0.25, -0.2) is 19.9 Å². The van der Waals surface area contributed by atoms with Gasteiger partial charge in [-0.15, -0.1) is 11.3 Å². The molecule has 4 aromatic heterocycles. The predicted molar refractivity (Wildman–Crippen MR) is 133 cm³/mol. The lowest BCUT2D eigenvalue weighted by atomic mass is 9.91. The number of carbonyl (C=O) groups is 1. The Morgan fingerprint density at radius 2 is 2.00 bits per heavy atom. The summed E-state index contributed by atoms with van der Waals surface area (Å²) in [4.78, 5) is 32.3. The van der Waals surface area contributed by atoms with E-state index in [4.69, 9.17) is 4.98 Å². The van der Waals surface area contributed by atoms with E-state index in [1.807, 2.05) is 58.6 Å². The molecule has 9 nitrogen and oxygen atoms in total. The van der Waals surface area contributed by atoms with E-state index >= 15 is 0 Å². The zero-order valence-electron chi connectivity index (χ0n) is 18.8. The number of nitrogens with zero attached hydrogens (tertiary/aromatic N) is 6. The molecule has 6 rings (SSSR count). The minimum Gasteiger partial charge on any atom is -0.375 e. The number of likely N-dealkylation sites (tertiary alicyclic amines) is 1. The van der Waals surface area contributed by atoms with E-state index in [9.17, 15) is 9.90 Å². The first-order valence-corrected chi connectivity index (χ1v) is 12.0. The highest BCUT2D eigenvalue weighted by molar-refractivity contribution is 7.13. The number of hydrogen-bond acceptors (Lipinski definition) is 8. The molecule has 1 aliphatic heterocycles. The fourth-order valence-electron chi connectivity index (χ4n) is 4.23. The molecule has 5 heterocycles. The van der Waals surface area contributed by atoms with Gasteiger partial charge in [0.05, 0.1) is 11.9 Å². The van der Waals surface area contributed by atoms with Gasteiger partial charge in [0, 0.05) is 43.4 Å². The second kappa shape index (κ2) is 8.26. The van der Waals surface area contributed by atoms with Crippen LogP contribution >= 0.6 is 11.3 Å². The number of likely N-dealkylation sites (N-methyl/N-ethyl adjacent to an activating group) is 1. The number of benzene rings is 1. The molecule has 10 heteroatoms. The SMILES string of the molecule is CN1CC[C@@](O)(c2cccc(-c3nc(-c4ccnc(Nc5cn6ccccc6n5)n4)cs3)c2)C1=O. The molecule has 1 fully saturated rings. The first kappa shape index (κ1) is 21.4. The quantitative estimate of drug-likeness (QED) is 0.392. The topological polar surface area (TPSA) is 109 Å². The van der Waals surface area contributed by atoms with Crippen LogP contribution in [-0.2, 0) is 10.4 Å². The van der Waals surface area contributed by atoms with Crippen LogP contribution < -0.4 is 5.32 Å². The molecule has 0 aliphatic carbocycles. The molecular formula is C25H21N7O2S. The highest BCUT2D eigenvalue weighted by atomic mass is 32.1. The lowest BCUT2D eigenvalue weighted by molar-refractivity contribution is -0.143. The maximum Gasteiger partial charge on any atom is 0.258 e. The number of carbonyl (C=O) groups excluding carboxylic acids is 1. The summed E-state index contributed by atoms with van der Waals surface area (Å²) < 4.78 is 1.92. The van der Waals surface area contributed by atoms with Crippen molar-refractivity contribution in [3.05, 3.63) is 78.1 Å². The number of pyridine rings is 1. The largest absolute Gasteiger partial charge is 0.375 e. The average Bonchev–Trinajstić information content (AvgIpc) is 3.59. The third kappa shape index (κ3) is 3.82. The molecule has 1 aliphatic rings. The van der Waals surface area contributed by atoms with Crippen molar-refractivity contribution in [1.29, 1.82) is 0 Å². The van der Waals surface area contributed by atoms with E-state index in [1.54, 1.807) is 30.3 Å². The van der Waals surface area contributed by atoms with Crippen LogP contribution in [0.4, 0.5) is 11.8 Å². The number of rotatable bonds is 5. The van der Waals surface area contributed by atoms with Crippen LogP contribution in [0.25, 0.3) is 27.6 Å². The molecule has 0 unspecified atom stereocenters. The van der Waals surface area contributed by atoms with E-state index in [2.05, 4.69) is 20.3 Å². The van der Waals surface area contributed by atoms with Crippen LogP contribution in [0, 0.1) is 0 Å². The lowest BCUT2D eigenvalue weighted by Crippen LogP contribution is -2.36. The molecule has 35 heavy (non-hydrogen) atoms. The molecule has 1 atom stereocenters. The van der Waals surface area contributed by atoms with Gasteiger partial charge in [-0.1, -0.05) is 24.3 Å². The zero-order chi connectivity index (χ0) is 24.0. The number of hydrogen-bond donors (Lipinski definition) is 2. The average molecular weight is 484 g/mol. The molecule has 5 aromatic rings. The Balaban J connectivity index is 1.26. The first-order chi connectivity index (χ1) is 17.0. The van der Waals surface area contributed by atoms with Crippen molar-refractivity contribution in [2.45, 2.75) is 12.0 Å². The van der Waals surface area contributed by atoms with Crippen molar-refractivity contribution < 1.29 is 9.90 Å². The van der Waals surface area contributed by atoms with E-state index in [-0.39, 0.29) is 5.91 Å². The Morgan fingerprint density at radius 1 is 1.09 bits per heavy atom. The van der Waals surface area contributed by atoms with E-state index < -0.39 is 5.60 Å². The summed E-state index contributed by atoms with van der Waals surface area (Å²) in [5, 5.41) is 16.9. The van der Waals surface area contributed by atoms with E-state index in [1.165, 1.54) is 11.3 Å². The molecule has 1 saturated heterocycles. The van der Waals surface area contributed by atoms with Crippen molar-refractivity contribution in [3.8, 4) is 22.0 Å². The van der Waals surface area contributed by atoms with Crippen molar-refractivity contribution >= 4 is 34.7 Å². The Bertz CT molecular complexity index is 1530. The fourth-order valence-corrected chi connectivity index (χ4v) is 5.04. The number of nitrogens with one attached hydrogen (secondary N) is 1. The zero-order valence-corrected chi connectivity index (χ0v) is 19.6. The van der Waals surface area contributed by atoms with Crippen LogP contribution in [0.2, 0.25) is 0 Å². The molecule has 2 N–H and O–H groups in total. The van der Waals surface area contributed by atoms with Crippen LogP contribution in [0.1, 0.15) is 12.0 Å². The van der Waals surface area contributed by atoms with Crippen LogP contribution in [0.3, 0.4) is 0 Å². The predicted octanol–water partition coefficient (Wildman–Crippen LogP) is 3.71. The minimum atomic E-state index is -1.49. The van der Waals surface area contributed by atoms with Crippen LogP contribution in [-0.4, -0.2) is 53.8 Å². The van der Waals surface area contributed by atoms with Crippen molar-refractivity contribution in [1.82, 2.24) is 29.2 Å². The third-order valence-corrected chi connectivity index (χ3v) is 7.01. The van der Waals surface area contributed by atoms with Crippen molar-refractivity contribution in [2.24, 2.45) is 0 Å². The summed E-state index contributed by atoms with van der Waals surface area (Å²) >= 11 is 1.48. The normalized spacial score (nSPS) is 17.9. The van der Waals surface area contributed by atoms with Gasteiger partial charge in [-0.2, -0.15) is 0 Å². The number of fused-ring (bicyclic) bond motifs is 1. The number of aliphatic hydroxyl groups is 1. The Morgan fingerprint density at radius 3 is 2.83 bits per heavy atom. The first-order valence-electron chi connectivity index (χ1n) is 11.1. The third-order valence-electron chi connectivity index (χ3n) is 6.12. The Kier molecular flexibility index (Phi) is 5.05. The van der Waals surface area contributed by atoms with Gasteiger partial charge >= 0.3 is 0 Å². The highest BCUT2D eigenvalue weighted by Gasteiger charge is 2.45. The highest BCUT2D eigenvalue weighted by Crippen LogP contribution is 2.36. The van der Waals surface area contributed by atoms with Gasteiger partial charge in [0.2, 0.25) is 5.95 Å². The van der Waals surface area contributed by atoms with Gasteiger partial charge in [-0.3, -0.25) is 4.79 Å². The summed E-state index contributed by atoms with van der Waals surface area (Å²) in [5.74, 6) is 0.795. The number of thiazole rings is 1. The molecule has 1 aromatic carbocycles. The van der Waals surface area contributed by atoms with E-state index in [0.717, 1.165) is 16.2 Å². The van der Waals surface area contributed by atoms with Gasteiger partial charge in [0.1, 0.15) is 16.3 Å². The number of anilines is 2. The maximum absolute atomic E-state index is 12.5. The molecule has 0 bridgehead atoms. The molecule has 0 radical (unpaired) electrons. The summed E-state index contributed by atoms with van der Waals surface area (Å²) in [7, 11) is 1.71. The van der Waals surface area contributed by atoms with Gasteiger partial charge in [-0.05, 0) is 29.8 Å². The second-order valence-corrected chi connectivity index (χ2v) is 9.30. The maximum atomic E-state index is 12.5. The fraction of sp³-hybridized carbons (Fsp3) is 0.160. The standard InChI is InChI=1S/C25H21N7O2S/c1-31-12-9-25(34,23(31)33)17-6-4-5-16(13-17)22-27-19(15-35-22)18-8-10-26-24(28-18)30-20-14-32-11-3-2-7-21(32)29-20/h2-8,10-11,13-15,34H,9,12H2,1H3,(H,26,28,30)/t25-/m1/s1. The smallest absolute Gasteiger partial charge is 0.258 e. The number of amides is 1. The number of imidazole rings is 1. The van der Waals surface area contributed by atoms with Crippen molar-refractivity contribution in [3.63, 3.8) is 0 Å². The molecular weight excluding hydrogens is 462 g/mol. The van der Waals surface area contributed by atoms with Crippen LogP contribution in [0.5, 0.6) is 0 Å². The number of aromatic nitrogens is 5. The lowest BCUT2D eigenvalue weighted by Gasteiger charge is -2.21. The Labute approximate surface area is 204 Å². The molecule has 174 valence electrons. The molecule has 0 saturated carbocycles. The summed E-state index contributed by atoms with van der Waals surface area (Å²) in [5.41, 5.74) is 2.15. The summed E-state index contributed by atoms with van der Waals surface area (Å²) in [6, 6.07) is 15.0.